The molecule has 0 amide bonds. The number of hydrogen-bond acceptors (Lipinski definition) is 3. The number of halogens is 1. The smallest absolute Gasteiger partial charge is 0.337 e. The molecule has 0 radical (unpaired) electrons. The van der Waals surface area contributed by atoms with Gasteiger partial charge in [0.1, 0.15) is 5.82 Å². The van der Waals surface area contributed by atoms with E-state index < -0.39 is 5.97 Å². The monoisotopic (exact) mass is 282 g/mol. The summed E-state index contributed by atoms with van der Waals surface area (Å²) in [5.74, 6) is -0.271. The predicted molar refractivity (Wildman–Crippen MR) is 76.1 cm³/mol. The second kappa shape index (κ2) is 6.24. The van der Waals surface area contributed by atoms with Crippen LogP contribution in [0.3, 0.4) is 0 Å². The molecule has 0 saturated carbocycles. The molecule has 1 saturated heterocycles. The highest BCUT2D eigenvalue weighted by Crippen LogP contribution is 2.27. The maximum atomic E-state index is 11.1. The SMILES string of the molecule is CCC1CCCCCN1c1cc(C(=O)O)c(Cl)cn1. The number of carbonyl (C=O) groups is 1. The van der Waals surface area contributed by atoms with Gasteiger partial charge in [0.2, 0.25) is 0 Å². The van der Waals surface area contributed by atoms with Crippen molar-refractivity contribution in [2.75, 3.05) is 11.4 Å². The summed E-state index contributed by atoms with van der Waals surface area (Å²) >= 11 is 5.87. The van der Waals surface area contributed by atoms with E-state index in [1.165, 1.54) is 19.0 Å². The summed E-state index contributed by atoms with van der Waals surface area (Å²) in [6.07, 6.45) is 7.22. The Morgan fingerprint density at radius 1 is 1.53 bits per heavy atom. The number of aromatic nitrogens is 1. The second-order valence-electron chi connectivity index (χ2n) is 4.93. The normalized spacial score (nSPS) is 20.1. The van der Waals surface area contributed by atoms with Crippen molar-refractivity contribution < 1.29 is 9.90 Å². The van der Waals surface area contributed by atoms with Crippen LogP contribution in [-0.4, -0.2) is 28.6 Å². The minimum absolute atomic E-state index is 0.130. The lowest BCUT2D eigenvalue weighted by molar-refractivity contribution is 0.0697. The molecule has 2 heterocycles. The Bertz CT molecular complexity index is 465. The van der Waals surface area contributed by atoms with E-state index in [4.69, 9.17) is 16.7 Å². The largest absolute Gasteiger partial charge is 0.478 e. The van der Waals surface area contributed by atoms with Crippen LogP contribution in [0.4, 0.5) is 5.82 Å². The number of aromatic carboxylic acids is 1. The lowest BCUT2D eigenvalue weighted by Crippen LogP contribution is -2.35. The molecule has 1 unspecified atom stereocenters. The highest BCUT2D eigenvalue weighted by atomic mass is 35.5. The van der Waals surface area contributed by atoms with E-state index in [-0.39, 0.29) is 10.6 Å². The van der Waals surface area contributed by atoms with E-state index >= 15 is 0 Å². The van der Waals surface area contributed by atoms with Crippen LogP contribution in [0.15, 0.2) is 12.3 Å². The van der Waals surface area contributed by atoms with Gasteiger partial charge in [-0.25, -0.2) is 9.78 Å². The first-order chi connectivity index (χ1) is 9.13. The van der Waals surface area contributed by atoms with Crippen LogP contribution in [0.1, 0.15) is 49.4 Å². The molecule has 1 atom stereocenters. The van der Waals surface area contributed by atoms with Gasteiger partial charge in [-0.3, -0.25) is 0 Å². The number of nitrogens with zero attached hydrogens (tertiary/aromatic N) is 2. The van der Waals surface area contributed by atoms with Crippen LogP contribution < -0.4 is 4.90 Å². The summed E-state index contributed by atoms with van der Waals surface area (Å²) in [5, 5.41) is 9.33. The maximum absolute atomic E-state index is 11.1. The van der Waals surface area contributed by atoms with Gasteiger partial charge in [-0.15, -0.1) is 0 Å². The van der Waals surface area contributed by atoms with Crippen molar-refractivity contribution in [1.29, 1.82) is 0 Å². The predicted octanol–water partition coefficient (Wildman–Crippen LogP) is 3.59. The minimum atomic E-state index is -1.00. The van der Waals surface area contributed by atoms with E-state index in [1.54, 1.807) is 6.07 Å². The van der Waals surface area contributed by atoms with Crippen molar-refractivity contribution in [3.63, 3.8) is 0 Å². The number of anilines is 1. The van der Waals surface area contributed by atoms with Crippen LogP contribution in [0.25, 0.3) is 0 Å². The van der Waals surface area contributed by atoms with Gasteiger partial charge >= 0.3 is 5.97 Å². The highest BCUT2D eigenvalue weighted by Gasteiger charge is 2.22. The highest BCUT2D eigenvalue weighted by molar-refractivity contribution is 6.33. The topological polar surface area (TPSA) is 53.4 Å². The van der Waals surface area contributed by atoms with Crippen molar-refractivity contribution in [2.24, 2.45) is 0 Å². The molecule has 0 aliphatic carbocycles. The van der Waals surface area contributed by atoms with E-state index in [0.29, 0.717) is 6.04 Å². The van der Waals surface area contributed by atoms with Gasteiger partial charge in [-0.1, -0.05) is 31.4 Å². The van der Waals surface area contributed by atoms with Gasteiger partial charge in [0.25, 0.3) is 0 Å². The second-order valence-corrected chi connectivity index (χ2v) is 5.34. The van der Waals surface area contributed by atoms with Gasteiger partial charge < -0.3 is 10.0 Å². The Labute approximate surface area is 118 Å². The summed E-state index contributed by atoms with van der Waals surface area (Å²) in [6, 6.07) is 2.04. The van der Waals surface area contributed by atoms with Gasteiger partial charge in [0.05, 0.1) is 10.6 Å². The molecule has 5 heteroatoms. The van der Waals surface area contributed by atoms with Crippen molar-refractivity contribution in [3.8, 4) is 0 Å². The molecule has 1 N–H and O–H groups in total. The zero-order chi connectivity index (χ0) is 13.8. The summed E-state index contributed by atoms with van der Waals surface area (Å²) in [6.45, 7) is 3.10. The molecule has 0 bridgehead atoms. The van der Waals surface area contributed by atoms with Gasteiger partial charge in [0, 0.05) is 18.8 Å². The molecule has 4 nitrogen and oxygen atoms in total. The summed E-state index contributed by atoms with van der Waals surface area (Å²) in [5.41, 5.74) is 0.130. The molecule has 1 fully saturated rings. The molecule has 0 aromatic carbocycles. The van der Waals surface area contributed by atoms with Gasteiger partial charge in [0.15, 0.2) is 0 Å². The molecule has 2 rings (SSSR count). The first kappa shape index (κ1) is 14.1. The van der Waals surface area contributed by atoms with Crippen LogP contribution in [-0.2, 0) is 0 Å². The molecule has 19 heavy (non-hydrogen) atoms. The number of carboxylic acids is 1. The molecule has 104 valence electrons. The standard InChI is InChI=1S/C14H19ClN2O2/c1-2-10-6-4-3-5-7-17(10)13-8-11(14(18)19)12(15)9-16-13/h8-10H,2-7H2,1H3,(H,18,19). The number of carboxylic acid groups (broad SMARTS) is 1. The van der Waals surface area contributed by atoms with E-state index in [1.807, 2.05) is 0 Å². The van der Waals surface area contributed by atoms with Crippen LogP contribution >= 0.6 is 11.6 Å². The lowest BCUT2D eigenvalue weighted by Gasteiger charge is -2.30. The van der Waals surface area contributed by atoms with Crippen molar-refractivity contribution in [1.82, 2.24) is 4.98 Å². The Hall–Kier alpha value is -1.29. The summed E-state index contributed by atoms with van der Waals surface area (Å²) in [4.78, 5) is 17.7. The average Bonchev–Trinajstić information content (AvgIpc) is 2.64. The van der Waals surface area contributed by atoms with E-state index in [2.05, 4.69) is 16.8 Å². The van der Waals surface area contributed by atoms with Crippen molar-refractivity contribution in [3.05, 3.63) is 22.8 Å². The Balaban J connectivity index is 2.33. The summed E-state index contributed by atoms with van der Waals surface area (Å²) in [7, 11) is 0. The molecular formula is C14H19ClN2O2. The number of pyridine rings is 1. The molecule has 1 aromatic rings. The quantitative estimate of drug-likeness (QED) is 0.920. The Morgan fingerprint density at radius 3 is 3.00 bits per heavy atom. The zero-order valence-electron chi connectivity index (χ0n) is 11.1. The van der Waals surface area contributed by atoms with Gasteiger partial charge in [-0.05, 0) is 25.3 Å². The van der Waals surface area contributed by atoms with Crippen LogP contribution in [0.5, 0.6) is 0 Å². The fourth-order valence-electron chi connectivity index (χ4n) is 2.65. The minimum Gasteiger partial charge on any atom is -0.478 e. The van der Waals surface area contributed by atoms with Crippen LogP contribution in [0, 0.1) is 0 Å². The third kappa shape index (κ3) is 3.18. The lowest BCUT2D eigenvalue weighted by atomic mass is 10.1. The van der Waals surface area contributed by atoms with E-state index in [9.17, 15) is 4.79 Å². The average molecular weight is 283 g/mol. The van der Waals surface area contributed by atoms with Crippen molar-refractivity contribution >= 4 is 23.4 Å². The third-order valence-electron chi connectivity index (χ3n) is 3.71. The Morgan fingerprint density at radius 2 is 2.32 bits per heavy atom. The molecular weight excluding hydrogens is 264 g/mol. The third-order valence-corrected chi connectivity index (χ3v) is 4.02. The fourth-order valence-corrected chi connectivity index (χ4v) is 2.84. The molecule has 1 aliphatic rings. The molecule has 0 spiro atoms. The van der Waals surface area contributed by atoms with Crippen molar-refractivity contribution in [2.45, 2.75) is 45.1 Å². The first-order valence-electron chi connectivity index (χ1n) is 6.79. The zero-order valence-corrected chi connectivity index (χ0v) is 11.9. The fraction of sp³-hybridized carbons (Fsp3) is 0.571. The molecule has 1 aromatic heterocycles. The Kier molecular flexibility index (Phi) is 4.64. The molecule has 1 aliphatic heterocycles. The summed E-state index contributed by atoms with van der Waals surface area (Å²) < 4.78 is 0. The first-order valence-corrected chi connectivity index (χ1v) is 7.16. The van der Waals surface area contributed by atoms with Gasteiger partial charge in [-0.2, -0.15) is 0 Å². The van der Waals surface area contributed by atoms with E-state index in [0.717, 1.165) is 31.6 Å². The maximum Gasteiger partial charge on any atom is 0.337 e. The van der Waals surface area contributed by atoms with Crippen LogP contribution in [0.2, 0.25) is 5.02 Å². The number of rotatable bonds is 3. The number of hydrogen-bond donors (Lipinski definition) is 1.